The largest absolute Gasteiger partial charge is 0.494 e. The highest BCUT2D eigenvalue weighted by Gasteiger charge is 2.12. The van der Waals surface area contributed by atoms with Crippen molar-refractivity contribution in [2.45, 2.75) is 19.3 Å². The van der Waals surface area contributed by atoms with Crippen molar-refractivity contribution < 1.29 is 13.9 Å². The van der Waals surface area contributed by atoms with Crippen molar-refractivity contribution in [3.8, 4) is 5.75 Å². The molecule has 20 heavy (non-hydrogen) atoms. The van der Waals surface area contributed by atoms with Gasteiger partial charge in [0.15, 0.2) is 11.6 Å². The van der Waals surface area contributed by atoms with E-state index in [2.05, 4.69) is 10.2 Å². The Kier molecular flexibility index (Phi) is 5.35. The van der Waals surface area contributed by atoms with Gasteiger partial charge in [-0.1, -0.05) is 6.07 Å². The minimum atomic E-state index is -0.311. The zero-order chi connectivity index (χ0) is 14.4. The van der Waals surface area contributed by atoms with E-state index >= 15 is 0 Å². The Balaban J connectivity index is 1.77. The molecule has 0 aromatic heterocycles. The summed E-state index contributed by atoms with van der Waals surface area (Å²) in [4.78, 5) is 13.5. The molecule has 1 aromatic carbocycles. The molecular weight excluding hydrogens is 259 g/mol. The van der Waals surface area contributed by atoms with Crippen molar-refractivity contribution in [2.75, 3.05) is 33.3 Å². The third kappa shape index (κ3) is 4.20. The minimum absolute atomic E-state index is 0.129. The lowest BCUT2D eigenvalue weighted by atomic mass is 10.1. The molecule has 0 spiro atoms. The van der Waals surface area contributed by atoms with E-state index in [1.165, 1.54) is 13.2 Å². The van der Waals surface area contributed by atoms with Crippen LogP contribution < -0.4 is 10.1 Å². The number of nitrogens with one attached hydrogen (secondary N) is 1. The summed E-state index contributed by atoms with van der Waals surface area (Å²) in [5.74, 6) is 0.102. The lowest BCUT2D eigenvalue weighted by molar-refractivity contribution is -0.120. The molecule has 1 N–H and O–H groups in total. The summed E-state index contributed by atoms with van der Waals surface area (Å²) in [6, 6.07) is 5.10. The zero-order valence-corrected chi connectivity index (χ0v) is 11.8. The van der Waals surface area contributed by atoms with Gasteiger partial charge in [0.25, 0.3) is 0 Å². The Morgan fingerprint density at radius 2 is 2.25 bits per heavy atom. The summed E-state index contributed by atoms with van der Waals surface area (Å²) in [5.41, 5.74) is 0.979. The lowest BCUT2D eigenvalue weighted by Gasteiger charge is -2.18. The van der Waals surface area contributed by atoms with Gasteiger partial charge in [0.2, 0.25) is 5.91 Å². The smallest absolute Gasteiger partial charge is 0.221 e. The van der Waals surface area contributed by atoms with Gasteiger partial charge in [-0.05, 0) is 37.1 Å². The van der Waals surface area contributed by atoms with Gasteiger partial charge in [0.1, 0.15) is 0 Å². The molecule has 4 nitrogen and oxygen atoms in total. The van der Waals surface area contributed by atoms with E-state index in [4.69, 9.17) is 4.74 Å². The summed E-state index contributed by atoms with van der Waals surface area (Å²) >= 11 is 0. The number of aryl methyl sites for hydroxylation is 1. The molecular formula is C15H21FN2O2. The lowest BCUT2D eigenvalue weighted by Crippen LogP contribution is -2.29. The molecule has 0 aliphatic carbocycles. The molecule has 0 unspecified atom stereocenters. The molecule has 2 rings (SSSR count). The van der Waals surface area contributed by atoms with Crippen LogP contribution in [-0.2, 0) is 11.2 Å². The molecule has 1 aliphatic heterocycles. The molecule has 1 heterocycles. The predicted molar refractivity (Wildman–Crippen MR) is 75.3 cm³/mol. The standard InChI is InChI=1S/C15H21FN2O2/c1-20-14-5-4-12(11-13(14)16)3-2-8-18-9-6-15(19)17-7-10-18/h4-5,11H,2-3,6-10H2,1H3,(H,17,19). The van der Waals surface area contributed by atoms with Crippen molar-refractivity contribution in [3.63, 3.8) is 0 Å². The fourth-order valence-electron chi connectivity index (χ4n) is 2.41. The van der Waals surface area contributed by atoms with Crippen LogP contribution >= 0.6 is 0 Å². The molecule has 1 fully saturated rings. The van der Waals surface area contributed by atoms with Crippen LogP contribution in [0.15, 0.2) is 18.2 Å². The average molecular weight is 280 g/mol. The fraction of sp³-hybridized carbons (Fsp3) is 0.533. The number of ether oxygens (including phenoxy) is 1. The molecule has 1 aromatic rings. The number of halogens is 1. The average Bonchev–Trinajstić information content (AvgIpc) is 2.64. The molecule has 1 amide bonds. The van der Waals surface area contributed by atoms with Crippen LogP contribution in [0.25, 0.3) is 0 Å². The molecule has 0 bridgehead atoms. The van der Waals surface area contributed by atoms with Gasteiger partial charge < -0.3 is 15.0 Å². The van der Waals surface area contributed by atoms with Crippen molar-refractivity contribution >= 4 is 5.91 Å². The van der Waals surface area contributed by atoms with Crippen LogP contribution in [-0.4, -0.2) is 44.1 Å². The maximum Gasteiger partial charge on any atom is 0.221 e. The van der Waals surface area contributed by atoms with Gasteiger partial charge >= 0.3 is 0 Å². The zero-order valence-electron chi connectivity index (χ0n) is 11.8. The van der Waals surface area contributed by atoms with Crippen molar-refractivity contribution in [1.29, 1.82) is 0 Å². The summed E-state index contributed by atoms with van der Waals surface area (Å²) in [5, 5.41) is 2.86. The van der Waals surface area contributed by atoms with E-state index in [0.717, 1.165) is 44.6 Å². The van der Waals surface area contributed by atoms with Crippen molar-refractivity contribution in [2.24, 2.45) is 0 Å². The normalized spacial score (nSPS) is 16.6. The topological polar surface area (TPSA) is 41.6 Å². The van der Waals surface area contributed by atoms with Gasteiger partial charge in [-0.3, -0.25) is 4.79 Å². The summed E-state index contributed by atoms with van der Waals surface area (Å²) < 4.78 is 18.4. The second-order valence-electron chi connectivity index (χ2n) is 5.01. The second kappa shape index (κ2) is 7.24. The summed E-state index contributed by atoms with van der Waals surface area (Å²) in [6.45, 7) is 3.35. The molecule has 0 atom stereocenters. The number of nitrogens with zero attached hydrogens (tertiary/aromatic N) is 1. The number of amides is 1. The van der Waals surface area contributed by atoms with Crippen LogP contribution in [0.1, 0.15) is 18.4 Å². The second-order valence-corrected chi connectivity index (χ2v) is 5.01. The van der Waals surface area contributed by atoms with Gasteiger partial charge in [-0.2, -0.15) is 0 Å². The molecule has 0 radical (unpaired) electrons. The van der Waals surface area contributed by atoms with Gasteiger partial charge in [0.05, 0.1) is 7.11 Å². The number of hydrogen-bond donors (Lipinski definition) is 1. The van der Waals surface area contributed by atoms with Gasteiger partial charge in [-0.25, -0.2) is 4.39 Å². The molecule has 0 saturated carbocycles. The third-order valence-electron chi connectivity index (χ3n) is 3.56. The number of carbonyl (C=O) groups is 1. The van der Waals surface area contributed by atoms with Crippen LogP contribution in [0.5, 0.6) is 5.75 Å². The number of rotatable bonds is 5. The highest BCUT2D eigenvalue weighted by molar-refractivity contribution is 5.76. The first kappa shape index (κ1) is 14.8. The van der Waals surface area contributed by atoms with Crippen molar-refractivity contribution in [3.05, 3.63) is 29.6 Å². The minimum Gasteiger partial charge on any atom is -0.494 e. The van der Waals surface area contributed by atoms with E-state index in [1.807, 2.05) is 6.07 Å². The first-order valence-electron chi connectivity index (χ1n) is 7.00. The fourth-order valence-corrected chi connectivity index (χ4v) is 2.41. The van der Waals surface area contributed by atoms with Gasteiger partial charge in [0, 0.05) is 26.1 Å². The molecule has 5 heteroatoms. The highest BCUT2D eigenvalue weighted by Crippen LogP contribution is 2.18. The van der Waals surface area contributed by atoms with E-state index in [1.54, 1.807) is 6.07 Å². The summed E-state index contributed by atoms with van der Waals surface area (Å²) in [7, 11) is 1.47. The first-order valence-corrected chi connectivity index (χ1v) is 7.00. The SMILES string of the molecule is COc1ccc(CCCN2CCNC(=O)CC2)cc1F. The Morgan fingerprint density at radius 1 is 1.40 bits per heavy atom. The highest BCUT2D eigenvalue weighted by atomic mass is 19.1. The Labute approximate surface area is 118 Å². The number of carbonyl (C=O) groups excluding carboxylic acids is 1. The van der Waals surface area contributed by atoms with E-state index < -0.39 is 0 Å². The quantitative estimate of drug-likeness (QED) is 0.890. The number of hydrogen-bond acceptors (Lipinski definition) is 3. The number of benzene rings is 1. The van der Waals surface area contributed by atoms with E-state index in [9.17, 15) is 9.18 Å². The molecule has 1 saturated heterocycles. The third-order valence-corrected chi connectivity index (χ3v) is 3.56. The molecule has 1 aliphatic rings. The Bertz CT molecular complexity index is 465. The van der Waals surface area contributed by atoms with Gasteiger partial charge in [-0.15, -0.1) is 0 Å². The van der Waals surface area contributed by atoms with Crippen molar-refractivity contribution in [1.82, 2.24) is 10.2 Å². The van der Waals surface area contributed by atoms with E-state index in [-0.39, 0.29) is 17.5 Å². The maximum atomic E-state index is 13.5. The Hall–Kier alpha value is -1.62. The van der Waals surface area contributed by atoms with Crippen LogP contribution in [0.2, 0.25) is 0 Å². The summed E-state index contributed by atoms with van der Waals surface area (Å²) in [6.07, 6.45) is 2.36. The van der Waals surface area contributed by atoms with E-state index in [0.29, 0.717) is 6.42 Å². The monoisotopic (exact) mass is 280 g/mol. The van der Waals surface area contributed by atoms with Crippen LogP contribution in [0.3, 0.4) is 0 Å². The predicted octanol–water partition coefficient (Wildman–Crippen LogP) is 1.59. The van der Waals surface area contributed by atoms with Crippen LogP contribution in [0, 0.1) is 5.82 Å². The van der Waals surface area contributed by atoms with Crippen LogP contribution in [0.4, 0.5) is 4.39 Å². The number of methoxy groups -OCH3 is 1. The Morgan fingerprint density at radius 3 is 3.00 bits per heavy atom. The first-order chi connectivity index (χ1) is 9.69. The molecule has 110 valence electrons. The maximum absolute atomic E-state index is 13.5.